The third-order valence-electron chi connectivity index (χ3n) is 4.39. The highest BCUT2D eigenvalue weighted by molar-refractivity contribution is 6.05. The molecule has 1 aliphatic rings. The molecule has 0 aliphatic carbocycles. The van der Waals surface area contributed by atoms with E-state index in [2.05, 4.69) is 5.32 Å². The number of anilines is 2. The molecule has 0 fully saturated rings. The van der Waals surface area contributed by atoms with E-state index in [-0.39, 0.29) is 17.0 Å². The van der Waals surface area contributed by atoms with Gasteiger partial charge in [-0.2, -0.15) is 0 Å². The predicted octanol–water partition coefficient (Wildman–Crippen LogP) is 3.20. The van der Waals surface area contributed by atoms with Crippen molar-refractivity contribution < 1.29 is 18.9 Å². The molecular formula is C18H16FN3O4. The van der Waals surface area contributed by atoms with Gasteiger partial charge in [0, 0.05) is 36.5 Å². The van der Waals surface area contributed by atoms with Crippen LogP contribution in [0.3, 0.4) is 0 Å². The third kappa shape index (κ3) is 3.13. The Morgan fingerprint density at radius 3 is 2.65 bits per heavy atom. The lowest BCUT2D eigenvalue weighted by molar-refractivity contribution is -0.385. The van der Waals surface area contributed by atoms with Gasteiger partial charge in [0.2, 0.25) is 5.91 Å². The molecule has 26 heavy (non-hydrogen) atoms. The first-order chi connectivity index (χ1) is 12.3. The third-order valence-corrected chi connectivity index (χ3v) is 4.39. The van der Waals surface area contributed by atoms with Crippen molar-refractivity contribution in [2.75, 3.05) is 16.8 Å². The maximum absolute atomic E-state index is 13.9. The Hall–Kier alpha value is -3.29. The number of carbonyl (C=O) groups is 2. The molecule has 1 heterocycles. The number of nitrogens with zero attached hydrogens (tertiary/aromatic N) is 2. The van der Waals surface area contributed by atoms with Crippen molar-refractivity contribution in [1.82, 2.24) is 0 Å². The van der Waals surface area contributed by atoms with Crippen molar-refractivity contribution in [2.24, 2.45) is 0 Å². The Kier molecular flexibility index (Phi) is 4.41. The number of amides is 2. The Balaban J connectivity index is 1.86. The van der Waals surface area contributed by atoms with Crippen LogP contribution in [-0.4, -0.2) is 23.3 Å². The van der Waals surface area contributed by atoms with Crippen molar-refractivity contribution in [1.29, 1.82) is 0 Å². The van der Waals surface area contributed by atoms with Gasteiger partial charge in [0.25, 0.3) is 11.6 Å². The molecule has 8 heteroatoms. The highest BCUT2D eigenvalue weighted by atomic mass is 19.1. The van der Waals surface area contributed by atoms with Crippen LogP contribution in [0.4, 0.5) is 21.5 Å². The molecule has 0 unspecified atom stereocenters. The van der Waals surface area contributed by atoms with Crippen molar-refractivity contribution in [3.63, 3.8) is 0 Å². The summed E-state index contributed by atoms with van der Waals surface area (Å²) in [6, 6.07) is 7.14. The van der Waals surface area contributed by atoms with Crippen LogP contribution in [-0.2, 0) is 11.2 Å². The van der Waals surface area contributed by atoms with Crippen LogP contribution in [0.5, 0.6) is 0 Å². The Morgan fingerprint density at radius 2 is 2.00 bits per heavy atom. The Bertz CT molecular complexity index is 942. The first-order valence-corrected chi connectivity index (χ1v) is 7.95. The van der Waals surface area contributed by atoms with Gasteiger partial charge in [-0.15, -0.1) is 0 Å². The number of nitrogens with one attached hydrogen (secondary N) is 1. The number of nitro groups is 1. The van der Waals surface area contributed by atoms with Crippen LogP contribution < -0.4 is 10.2 Å². The second-order valence-corrected chi connectivity index (χ2v) is 6.08. The number of hydrogen-bond donors (Lipinski definition) is 1. The molecule has 3 rings (SSSR count). The van der Waals surface area contributed by atoms with Crippen LogP contribution in [0.15, 0.2) is 30.3 Å². The molecule has 7 nitrogen and oxygen atoms in total. The zero-order valence-electron chi connectivity index (χ0n) is 14.2. The van der Waals surface area contributed by atoms with Gasteiger partial charge in [-0.1, -0.05) is 0 Å². The zero-order valence-corrected chi connectivity index (χ0v) is 14.2. The number of halogens is 1. The summed E-state index contributed by atoms with van der Waals surface area (Å²) < 4.78 is 13.9. The van der Waals surface area contributed by atoms with Crippen molar-refractivity contribution >= 4 is 28.9 Å². The van der Waals surface area contributed by atoms with Crippen LogP contribution in [0.1, 0.15) is 28.4 Å². The fraction of sp³-hybridized carbons (Fsp3) is 0.222. The number of benzene rings is 2. The summed E-state index contributed by atoms with van der Waals surface area (Å²) >= 11 is 0. The second kappa shape index (κ2) is 6.55. The molecule has 0 saturated carbocycles. The Labute approximate surface area is 148 Å². The van der Waals surface area contributed by atoms with Crippen LogP contribution in [0, 0.1) is 22.9 Å². The van der Waals surface area contributed by atoms with E-state index >= 15 is 0 Å². The summed E-state index contributed by atoms with van der Waals surface area (Å²) in [6.07, 6.45) is 0.670. The van der Waals surface area contributed by atoms with Gasteiger partial charge in [-0.3, -0.25) is 19.7 Å². The quantitative estimate of drug-likeness (QED) is 0.674. The molecule has 0 bridgehead atoms. The van der Waals surface area contributed by atoms with Crippen molar-refractivity contribution in [3.8, 4) is 0 Å². The minimum atomic E-state index is -0.810. The first kappa shape index (κ1) is 17.5. The van der Waals surface area contributed by atoms with Crippen LogP contribution >= 0.6 is 0 Å². The van der Waals surface area contributed by atoms with E-state index in [9.17, 15) is 24.1 Å². The maximum Gasteiger partial charge on any atom is 0.276 e. The van der Waals surface area contributed by atoms with Gasteiger partial charge >= 0.3 is 0 Å². The van der Waals surface area contributed by atoms with Crippen molar-refractivity contribution in [2.45, 2.75) is 20.3 Å². The standard InChI is InChI=1S/C18H16FN3O4/c1-10-15(19)8-13(9-17(10)22(25)26)18(24)20-14-3-4-16-12(7-14)5-6-21(16)11(2)23/h3-4,7-9H,5-6H2,1-2H3,(H,20,24). The number of nitro benzene ring substituents is 1. The lowest BCUT2D eigenvalue weighted by atomic mass is 10.1. The molecule has 0 saturated heterocycles. The molecule has 0 atom stereocenters. The molecule has 0 radical (unpaired) electrons. The average molecular weight is 357 g/mol. The monoisotopic (exact) mass is 357 g/mol. The number of carbonyl (C=O) groups excluding carboxylic acids is 2. The van der Waals surface area contributed by atoms with E-state index in [0.29, 0.717) is 18.7 Å². The molecule has 2 aromatic rings. The first-order valence-electron chi connectivity index (χ1n) is 7.95. The van der Waals surface area contributed by atoms with E-state index in [1.807, 2.05) is 0 Å². The largest absolute Gasteiger partial charge is 0.322 e. The van der Waals surface area contributed by atoms with Crippen LogP contribution in [0.2, 0.25) is 0 Å². The lowest BCUT2D eigenvalue weighted by Crippen LogP contribution is -2.25. The lowest BCUT2D eigenvalue weighted by Gasteiger charge is -2.15. The zero-order chi connectivity index (χ0) is 19.0. The van der Waals surface area contributed by atoms with Gasteiger partial charge in [0.15, 0.2) is 0 Å². The summed E-state index contributed by atoms with van der Waals surface area (Å²) in [5, 5.41) is 13.6. The molecular weight excluding hydrogens is 341 g/mol. The fourth-order valence-corrected chi connectivity index (χ4v) is 2.99. The van der Waals surface area contributed by atoms with Crippen LogP contribution in [0.25, 0.3) is 0 Å². The molecule has 134 valence electrons. The number of hydrogen-bond acceptors (Lipinski definition) is 4. The summed E-state index contributed by atoms with van der Waals surface area (Å²) in [6.45, 7) is 3.36. The highest BCUT2D eigenvalue weighted by Gasteiger charge is 2.23. The smallest absolute Gasteiger partial charge is 0.276 e. The van der Waals surface area contributed by atoms with Gasteiger partial charge in [0.05, 0.1) is 10.5 Å². The molecule has 1 aliphatic heterocycles. The SMILES string of the molecule is CC(=O)N1CCc2cc(NC(=O)c3cc(F)c(C)c([N+](=O)[O-])c3)ccc21. The summed E-state index contributed by atoms with van der Waals surface area (Å²) in [5.41, 5.74) is 1.50. The van der Waals surface area contributed by atoms with Gasteiger partial charge in [0.1, 0.15) is 5.82 Å². The van der Waals surface area contributed by atoms with E-state index < -0.39 is 22.3 Å². The molecule has 2 aromatic carbocycles. The normalized spacial score (nSPS) is 12.7. The number of fused-ring (bicyclic) bond motifs is 1. The van der Waals surface area contributed by atoms with Crippen molar-refractivity contribution in [3.05, 3.63) is 63.0 Å². The van der Waals surface area contributed by atoms with Gasteiger partial charge in [-0.25, -0.2) is 4.39 Å². The molecule has 0 aromatic heterocycles. The van der Waals surface area contributed by atoms with E-state index in [4.69, 9.17) is 0 Å². The van der Waals surface area contributed by atoms with E-state index in [0.717, 1.165) is 23.4 Å². The average Bonchev–Trinajstić information content (AvgIpc) is 3.00. The number of rotatable bonds is 3. The second-order valence-electron chi connectivity index (χ2n) is 6.08. The van der Waals surface area contributed by atoms with E-state index in [1.165, 1.54) is 13.8 Å². The predicted molar refractivity (Wildman–Crippen MR) is 93.9 cm³/mol. The van der Waals surface area contributed by atoms with Gasteiger partial charge in [-0.05, 0) is 43.2 Å². The van der Waals surface area contributed by atoms with E-state index in [1.54, 1.807) is 23.1 Å². The fourth-order valence-electron chi connectivity index (χ4n) is 2.99. The maximum atomic E-state index is 13.9. The Morgan fingerprint density at radius 1 is 1.27 bits per heavy atom. The minimum absolute atomic E-state index is 0.0528. The molecule has 1 N–H and O–H groups in total. The highest BCUT2D eigenvalue weighted by Crippen LogP contribution is 2.31. The van der Waals surface area contributed by atoms with Gasteiger partial charge < -0.3 is 10.2 Å². The summed E-state index contributed by atoms with van der Waals surface area (Å²) in [5.74, 6) is -1.51. The minimum Gasteiger partial charge on any atom is -0.322 e. The topological polar surface area (TPSA) is 92.6 Å². The molecule has 0 spiro atoms. The summed E-state index contributed by atoms with van der Waals surface area (Å²) in [4.78, 5) is 35.9. The summed E-state index contributed by atoms with van der Waals surface area (Å²) in [7, 11) is 0. The molecule has 2 amide bonds.